The Morgan fingerprint density at radius 2 is 2.00 bits per heavy atom. The molecule has 0 amide bonds. The Bertz CT molecular complexity index is 446. The quantitative estimate of drug-likeness (QED) is 0.894. The van der Waals surface area contributed by atoms with E-state index in [1.807, 2.05) is 0 Å². The van der Waals surface area contributed by atoms with Crippen LogP contribution in [0, 0.1) is 11.3 Å². The standard InChI is InChI=1S/C14H23NO3S/c1-8(2)7-9-10(13(16)17)19-12(15-9)11(18-6)14(3,4)5/h8,11H,7H2,1-6H3,(H,16,17). The van der Waals surface area contributed by atoms with E-state index in [-0.39, 0.29) is 11.5 Å². The lowest BCUT2D eigenvalue weighted by Crippen LogP contribution is -2.20. The van der Waals surface area contributed by atoms with Gasteiger partial charge in [-0.2, -0.15) is 0 Å². The fourth-order valence-electron chi connectivity index (χ4n) is 2.00. The Morgan fingerprint density at radius 3 is 2.37 bits per heavy atom. The lowest BCUT2D eigenvalue weighted by Gasteiger charge is -2.27. The molecule has 1 aromatic heterocycles. The van der Waals surface area contributed by atoms with Crippen molar-refractivity contribution in [3.8, 4) is 0 Å². The third kappa shape index (κ3) is 4.01. The van der Waals surface area contributed by atoms with Gasteiger partial charge in [0.15, 0.2) is 0 Å². The third-order valence-electron chi connectivity index (χ3n) is 2.76. The van der Waals surface area contributed by atoms with Crippen LogP contribution in [0.25, 0.3) is 0 Å². The molecule has 0 aliphatic rings. The van der Waals surface area contributed by atoms with Gasteiger partial charge in [0.05, 0.1) is 5.69 Å². The van der Waals surface area contributed by atoms with E-state index in [0.717, 1.165) is 5.01 Å². The van der Waals surface area contributed by atoms with Crippen LogP contribution in [-0.2, 0) is 11.2 Å². The fraction of sp³-hybridized carbons (Fsp3) is 0.714. The number of methoxy groups -OCH3 is 1. The molecule has 1 atom stereocenters. The van der Waals surface area contributed by atoms with Crippen LogP contribution >= 0.6 is 11.3 Å². The van der Waals surface area contributed by atoms with Gasteiger partial charge in [-0.05, 0) is 17.8 Å². The largest absolute Gasteiger partial charge is 0.477 e. The molecular formula is C14H23NO3S. The van der Waals surface area contributed by atoms with E-state index in [9.17, 15) is 9.90 Å². The molecule has 0 aliphatic heterocycles. The van der Waals surface area contributed by atoms with E-state index < -0.39 is 5.97 Å². The maximum Gasteiger partial charge on any atom is 0.347 e. The first-order chi connectivity index (χ1) is 8.66. The predicted octanol–water partition coefficient (Wildman–Crippen LogP) is 3.77. The SMILES string of the molecule is COC(c1nc(CC(C)C)c(C(=O)O)s1)C(C)(C)C. The smallest absolute Gasteiger partial charge is 0.347 e. The third-order valence-corrected chi connectivity index (χ3v) is 3.89. The van der Waals surface area contributed by atoms with Crippen molar-refractivity contribution < 1.29 is 14.6 Å². The maximum absolute atomic E-state index is 11.3. The molecule has 0 radical (unpaired) electrons. The summed E-state index contributed by atoms with van der Waals surface area (Å²) in [5.74, 6) is -0.521. The van der Waals surface area contributed by atoms with Gasteiger partial charge < -0.3 is 9.84 Å². The number of hydrogen-bond acceptors (Lipinski definition) is 4. The van der Waals surface area contributed by atoms with Crippen LogP contribution in [0.4, 0.5) is 0 Å². The molecule has 0 saturated carbocycles. The summed E-state index contributed by atoms with van der Waals surface area (Å²) in [4.78, 5) is 16.2. The number of thiazole rings is 1. The summed E-state index contributed by atoms with van der Waals surface area (Å²) >= 11 is 1.23. The molecule has 0 saturated heterocycles. The Hall–Kier alpha value is -0.940. The molecule has 5 heteroatoms. The minimum atomic E-state index is -0.900. The van der Waals surface area contributed by atoms with Gasteiger partial charge in [0.2, 0.25) is 0 Å². The zero-order valence-electron chi connectivity index (χ0n) is 12.5. The molecule has 0 aliphatic carbocycles. The topological polar surface area (TPSA) is 59.4 Å². The van der Waals surface area contributed by atoms with Gasteiger partial charge in [-0.25, -0.2) is 9.78 Å². The number of carboxylic acids is 1. The van der Waals surface area contributed by atoms with Crippen LogP contribution in [0.5, 0.6) is 0 Å². The average molecular weight is 285 g/mol. The molecule has 108 valence electrons. The minimum absolute atomic E-state index is 0.114. The van der Waals surface area contributed by atoms with Crippen molar-refractivity contribution >= 4 is 17.3 Å². The predicted molar refractivity (Wildman–Crippen MR) is 76.8 cm³/mol. The first-order valence-corrected chi connectivity index (χ1v) is 7.24. The number of nitrogens with zero attached hydrogens (tertiary/aromatic N) is 1. The average Bonchev–Trinajstić information content (AvgIpc) is 2.59. The van der Waals surface area contributed by atoms with Gasteiger partial charge in [-0.15, -0.1) is 11.3 Å². The fourth-order valence-corrected chi connectivity index (χ4v) is 3.26. The minimum Gasteiger partial charge on any atom is -0.477 e. The summed E-state index contributed by atoms with van der Waals surface area (Å²) in [5.41, 5.74) is 0.561. The van der Waals surface area contributed by atoms with Crippen molar-refractivity contribution in [1.82, 2.24) is 4.98 Å². The van der Waals surface area contributed by atoms with Crippen LogP contribution < -0.4 is 0 Å². The van der Waals surface area contributed by atoms with Crippen LogP contribution in [0.1, 0.15) is 61.1 Å². The molecule has 1 heterocycles. The van der Waals surface area contributed by atoms with Gasteiger partial charge >= 0.3 is 5.97 Å². The Balaban J connectivity index is 3.20. The molecule has 1 rings (SSSR count). The lowest BCUT2D eigenvalue weighted by atomic mass is 9.89. The maximum atomic E-state index is 11.3. The Labute approximate surface area is 118 Å². The number of rotatable bonds is 5. The highest BCUT2D eigenvalue weighted by atomic mass is 32.1. The van der Waals surface area contributed by atoms with Crippen molar-refractivity contribution in [2.24, 2.45) is 11.3 Å². The number of hydrogen-bond donors (Lipinski definition) is 1. The molecule has 1 N–H and O–H groups in total. The van der Waals surface area contributed by atoms with E-state index in [1.165, 1.54) is 11.3 Å². The van der Waals surface area contributed by atoms with Gasteiger partial charge in [-0.3, -0.25) is 0 Å². The summed E-state index contributed by atoms with van der Waals surface area (Å²) < 4.78 is 5.51. The highest BCUT2D eigenvalue weighted by molar-refractivity contribution is 7.13. The van der Waals surface area contributed by atoms with Crippen molar-refractivity contribution in [2.45, 2.75) is 47.1 Å². The van der Waals surface area contributed by atoms with E-state index >= 15 is 0 Å². The Kier molecular flexibility index (Phi) is 5.10. The van der Waals surface area contributed by atoms with Crippen LogP contribution in [0.15, 0.2) is 0 Å². The molecule has 0 aromatic carbocycles. The summed E-state index contributed by atoms with van der Waals surface area (Å²) in [6.45, 7) is 10.3. The van der Waals surface area contributed by atoms with Gasteiger partial charge in [0, 0.05) is 7.11 Å². The first kappa shape index (κ1) is 16.1. The van der Waals surface area contributed by atoms with E-state index in [2.05, 4.69) is 39.6 Å². The molecule has 1 unspecified atom stereocenters. The Morgan fingerprint density at radius 1 is 1.42 bits per heavy atom. The number of aromatic carboxylic acids is 1. The number of aromatic nitrogens is 1. The first-order valence-electron chi connectivity index (χ1n) is 6.42. The lowest BCUT2D eigenvalue weighted by molar-refractivity contribution is 0.0149. The molecular weight excluding hydrogens is 262 g/mol. The second kappa shape index (κ2) is 6.01. The van der Waals surface area contributed by atoms with E-state index in [1.54, 1.807) is 7.11 Å². The van der Waals surface area contributed by atoms with Crippen molar-refractivity contribution in [3.05, 3.63) is 15.6 Å². The zero-order chi connectivity index (χ0) is 14.8. The summed E-state index contributed by atoms with van der Waals surface area (Å²) in [6, 6.07) is 0. The molecule has 0 bridgehead atoms. The van der Waals surface area contributed by atoms with Gasteiger partial charge in [0.25, 0.3) is 0 Å². The van der Waals surface area contributed by atoms with Crippen molar-refractivity contribution in [2.75, 3.05) is 7.11 Å². The van der Waals surface area contributed by atoms with Crippen molar-refractivity contribution in [3.63, 3.8) is 0 Å². The van der Waals surface area contributed by atoms with Crippen molar-refractivity contribution in [1.29, 1.82) is 0 Å². The molecule has 0 fully saturated rings. The number of carbonyl (C=O) groups is 1. The molecule has 4 nitrogen and oxygen atoms in total. The van der Waals surface area contributed by atoms with E-state index in [4.69, 9.17) is 4.74 Å². The van der Waals surface area contributed by atoms with Crippen LogP contribution in [0.2, 0.25) is 0 Å². The molecule has 19 heavy (non-hydrogen) atoms. The van der Waals surface area contributed by atoms with E-state index in [0.29, 0.717) is 22.9 Å². The summed E-state index contributed by atoms with van der Waals surface area (Å²) in [5, 5.41) is 10.0. The number of carboxylic acid groups (broad SMARTS) is 1. The summed E-state index contributed by atoms with van der Waals surface area (Å²) in [7, 11) is 1.64. The molecule has 0 spiro atoms. The monoisotopic (exact) mass is 285 g/mol. The zero-order valence-corrected chi connectivity index (χ0v) is 13.3. The summed E-state index contributed by atoms with van der Waals surface area (Å²) in [6.07, 6.45) is 0.495. The van der Waals surface area contributed by atoms with Gasteiger partial charge in [-0.1, -0.05) is 34.6 Å². The highest BCUT2D eigenvalue weighted by Crippen LogP contribution is 2.38. The second-order valence-electron chi connectivity index (χ2n) is 6.21. The number of ether oxygens (including phenoxy) is 1. The molecule has 1 aromatic rings. The normalized spacial score (nSPS) is 13.8. The highest BCUT2D eigenvalue weighted by Gasteiger charge is 2.31. The second-order valence-corrected chi connectivity index (χ2v) is 7.24. The van der Waals surface area contributed by atoms with Crippen LogP contribution in [0.3, 0.4) is 0 Å². The van der Waals surface area contributed by atoms with Crippen LogP contribution in [-0.4, -0.2) is 23.2 Å². The van der Waals surface area contributed by atoms with Gasteiger partial charge in [0.1, 0.15) is 16.0 Å².